The number of hydrogen-bond donors (Lipinski definition) is 0. The Labute approximate surface area is 161 Å². The van der Waals surface area contributed by atoms with Gasteiger partial charge in [0, 0.05) is 38.3 Å². The fraction of sp³-hybridized carbons (Fsp3) is 0.476. The second kappa shape index (κ2) is 7.94. The van der Waals surface area contributed by atoms with Crippen molar-refractivity contribution in [3.05, 3.63) is 54.0 Å². The zero-order valence-electron chi connectivity index (χ0n) is 16.6. The van der Waals surface area contributed by atoms with Crippen molar-refractivity contribution >= 4 is 11.9 Å². The number of rotatable bonds is 3. The molecule has 0 aliphatic carbocycles. The van der Waals surface area contributed by atoms with Crippen molar-refractivity contribution in [2.75, 3.05) is 24.5 Å². The first-order valence-electron chi connectivity index (χ1n) is 9.42. The maximum absolute atomic E-state index is 12.4. The van der Waals surface area contributed by atoms with Crippen LogP contribution in [0.4, 0.5) is 10.6 Å². The highest BCUT2D eigenvalue weighted by Gasteiger charge is 2.31. The van der Waals surface area contributed by atoms with Crippen molar-refractivity contribution in [3.63, 3.8) is 0 Å². The van der Waals surface area contributed by atoms with Crippen LogP contribution < -0.4 is 4.90 Å². The number of piperazine rings is 1. The first-order chi connectivity index (χ1) is 12.8. The van der Waals surface area contributed by atoms with E-state index >= 15 is 0 Å². The lowest BCUT2D eigenvalue weighted by Gasteiger charge is -2.40. The Morgan fingerprint density at radius 3 is 2.59 bits per heavy atom. The summed E-state index contributed by atoms with van der Waals surface area (Å²) in [7, 11) is 0. The summed E-state index contributed by atoms with van der Waals surface area (Å²) in [5, 5.41) is 0. The Kier molecular flexibility index (Phi) is 5.63. The molecule has 144 valence electrons. The molecule has 1 aliphatic rings. The third-order valence-electron chi connectivity index (χ3n) is 4.48. The summed E-state index contributed by atoms with van der Waals surface area (Å²) in [6.07, 6.45) is 2.27. The van der Waals surface area contributed by atoms with Crippen LogP contribution in [0.1, 0.15) is 39.1 Å². The van der Waals surface area contributed by atoms with Gasteiger partial charge in [-0.2, -0.15) is 0 Å². The maximum Gasteiger partial charge on any atom is 0.410 e. The van der Waals surface area contributed by atoms with Gasteiger partial charge in [0.1, 0.15) is 17.2 Å². The number of carbonyl (C=O) groups is 1. The van der Waals surface area contributed by atoms with E-state index in [2.05, 4.69) is 22.0 Å². The molecular formula is C21H28N4O2. The third-order valence-corrected chi connectivity index (χ3v) is 4.48. The summed E-state index contributed by atoms with van der Waals surface area (Å²) < 4.78 is 5.52. The van der Waals surface area contributed by atoms with Crippen LogP contribution in [0.2, 0.25) is 0 Å². The van der Waals surface area contributed by atoms with Gasteiger partial charge in [0.05, 0.1) is 0 Å². The summed E-state index contributed by atoms with van der Waals surface area (Å²) in [6.45, 7) is 9.78. The van der Waals surface area contributed by atoms with Crippen LogP contribution in [0.3, 0.4) is 0 Å². The zero-order chi connectivity index (χ0) is 19.4. The second-order valence-corrected chi connectivity index (χ2v) is 7.96. The van der Waals surface area contributed by atoms with E-state index < -0.39 is 5.60 Å². The molecule has 2 heterocycles. The van der Waals surface area contributed by atoms with Gasteiger partial charge in [0.2, 0.25) is 0 Å². The van der Waals surface area contributed by atoms with E-state index in [1.807, 2.05) is 58.2 Å². The maximum atomic E-state index is 12.4. The van der Waals surface area contributed by atoms with E-state index in [0.717, 1.165) is 24.7 Å². The molecule has 27 heavy (non-hydrogen) atoms. The molecule has 0 saturated carbocycles. The van der Waals surface area contributed by atoms with Gasteiger partial charge in [0.25, 0.3) is 0 Å². The van der Waals surface area contributed by atoms with E-state index in [0.29, 0.717) is 13.0 Å². The first-order valence-corrected chi connectivity index (χ1v) is 9.42. The van der Waals surface area contributed by atoms with Crippen molar-refractivity contribution in [1.29, 1.82) is 0 Å². The second-order valence-electron chi connectivity index (χ2n) is 7.96. The minimum atomic E-state index is -0.479. The van der Waals surface area contributed by atoms with E-state index in [4.69, 9.17) is 9.72 Å². The van der Waals surface area contributed by atoms with Crippen LogP contribution >= 0.6 is 0 Å². The standard InChI is InChI=1S/C21H28N4O2/c1-16-15-24(12-13-25(16)20(26)27-21(2,3)4)19-10-11-22-18(23-19)14-17-8-6-5-7-9-17/h5-11,16H,12-15H2,1-4H3/t16-/m1/s1. The van der Waals surface area contributed by atoms with Gasteiger partial charge in [-0.05, 0) is 39.3 Å². The van der Waals surface area contributed by atoms with Gasteiger partial charge in [-0.3, -0.25) is 0 Å². The predicted molar refractivity (Wildman–Crippen MR) is 106 cm³/mol. The molecular weight excluding hydrogens is 340 g/mol. The average Bonchev–Trinajstić information content (AvgIpc) is 2.61. The first kappa shape index (κ1) is 19.1. The molecule has 1 aromatic heterocycles. The molecule has 1 aliphatic heterocycles. The molecule has 1 amide bonds. The van der Waals surface area contributed by atoms with Gasteiger partial charge in [-0.25, -0.2) is 14.8 Å². The van der Waals surface area contributed by atoms with Crippen LogP contribution in [-0.4, -0.2) is 52.2 Å². The molecule has 2 aromatic rings. The minimum Gasteiger partial charge on any atom is -0.444 e. The fourth-order valence-corrected chi connectivity index (χ4v) is 3.19. The Hall–Kier alpha value is -2.63. The van der Waals surface area contributed by atoms with Crippen molar-refractivity contribution < 1.29 is 9.53 Å². The van der Waals surface area contributed by atoms with Gasteiger partial charge in [-0.1, -0.05) is 30.3 Å². The van der Waals surface area contributed by atoms with Gasteiger partial charge in [0.15, 0.2) is 0 Å². The number of hydrogen-bond acceptors (Lipinski definition) is 5. The molecule has 1 aromatic carbocycles. The van der Waals surface area contributed by atoms with E-state index in [-0.39, 0.29) is 12.1 Å². The number of carbonyl (C=O) groups excluding carboxylic acids is 1. The molecule has 1 fully saturated rings. The number of amides is 1. The minimum absolute atomic E-state index is 0.0566. The smallest absolute Gasteiger partial charge is 0.410 e. The Morgan fingerprint density at radius 1 is 1.19 bits per heavy atom. The van der Waals surface area contributed by atoms with Crippen LogP contribution in [-0.2, 0) is 11.2 Å². The summed E-state index contributed by atoms with van der Waals surface area (Å²) >= 11 is 0. The van der Waals surface area contributed by atoms with Gasteiger partial charge >= 0.3 is 6.09 Å². The SMILES string of the molecule is C[C@@H]1CN(c2ccnc(Cc3ccccc3)n2)CCN1C(=O)OC(C)(C)C. The lowest BCUT2D eigenvalue weighted by molar-refractivity contribution is 0.0158. The molecule has 0 spiro atoms. The number of aromatic nitrogens is 2. The summed E-state index contributed by atoms with van der Waals surface area (Å²) in [5.41, 5.74) is 0.713. The van der Waals surface area contributed by atoms with Crippen molar-refractivity contribution in [1.82, 2.24) is 14.9 Å². The molecule has 1 atom stereocenters. The van der Waals surface area contributed by atoms with Gasteiger partial charge in [-0.15, -0.1) is 0 Å². The van der Waals surface area contributed by atoms with E-state index in [1.165, 1.54) is 5.56 Å². The highest BCUT2D eigenvalue weighted by Crippen LogP contribution is 2.20. The van der Waals surface area contributed by atoms with Crippen molar-refractivity contribution in [2.24, 2.45) is 0 Å². The highest BCUT2D eigenvalue weighted by atomic mass is 16.6. The van der Waals surface area contributed by atoms with Crippen LogP contribution in [0.25, 0.3) is 0 Å². The molecule has 0 unspecified atom stereocenters. The van der Waals surface area contributed by atoms with Crippen LogP contribution in [0.5, 0.6) is 0 Å². The summed E-state index contributed by atoms with van der Waals surface area (Å²) in [5.74, 6) is 1.72. The van der Waals surface area contributed by atoms with E-state index in [1.54, 1.807) is 4.90 Å². The Morgan fingerprint density at radius 2 is 1.93 bits per heavy atom. The number of anilines is 1. The number of benzene rings is 1. The number of ether oxygens (including phenoxy) is 1. The molecule has 3 rings (SSSR count). The predicted octanol–water partition coefficient (Wildman–Crippen LogP) is 3.51. The molecule has 0 radical (unpaired) electrons. The normalized spacial score (nSPS) is 17.7. The monoisotopic (exact) mass is 368 g/mol. The largest absolute Gasteiger partial charge is 0.444 e. The molecule has 0 bridgehead atoms. The topological polar surface area (TPSA) is 58.6 Å². The Balaban J connectivity index is 1.65. The van der Waals surface area contributed by atoms with E-state index in [9.17, 15) is 4.79 Å². The van der Waals surface area contributed by atoms with Crippen LogP contribution in [0.15, 0.2) is 42.6 Å². The lowest BCUT2D eigenvalue weighted by atomic mass is 10.1. The fourth-order valence-electron chi connectivity index (χ4n) is 3.19. The highest BCUT2D eigenvalue weighted by molar-refractivity contribution is 5.69. The lowest BCUT2D eigenvalue weighted by Crippen LogP contribution is -2.55. The van der Waals surface area contributed by atoms with Gasteiger partial charge < -0.3 is 14.5 Å². The molecule has 1 saturated heterocycles. The quantitative estimate of drug-likeness (QED) is 0.830. The summed E-state index contributed by atoms with van der Waals surface area (Å²) in [4.78, 5) is 25.5. The zero-order valence-corrected chi connectivity index (χ0v) is 16.6. The third kappa shape index (κ3) is 5.18. The van der Waals surface area contributed by atoms with Crippen LogP contribution in [0, 0.1) is 0 Å². The van der Waals surface area contributed by atoms with Crippen molar-refractivity contribution in [2.45, 2.75) is 45.8 Å². The molecule has 0 N–H and O–H groups in total. The molecule has 6 nitrogen and oxygen atoms in total. The summed E-state index contributed by atoms with van der Waals surface area (Å²) in [6, 6.07) is 12.2. The van der Waals surface area contributed by atoms with Crippen molar-refractivity contribution in [3.8, 4) is 0 Å². The number of nitrogens with zero attached hydrogens (tertiary/aromatic N) is 4. The average molecular weight is 368 g/mol. The molecule has 6 heteroatoms. The Bertz CT molecular complexity index is 773.